The zero-order valence-electron chi connectivity index (χ0n) is 16.2. The first-order valence-corrected chi connectivity index (χ1v) is 9.58. The Balaban J connectivity index is 1.73. The Bertz CT molecular complexity index is 1320. The summed E-state index contributed by atoms with van der Waals surface area (Å²) in [6.45, 7) is 2.09. The van der Waals surface area contributed by atoms with E-state index in [-0.39, 0.29) is 45.9 Å². The lowest BCUT2D eigenvalue weighted by Gasteiger charge is -2.07. The molecule has 3 aromatic heterocycles. The minimum Gasteiger partial charge on any atom is -0.418 e. The van der Waals surface area contributed by atoms with Crippen molar-refractivity contribution in [1.29, 1.82) is 0 Å². The standard InChI is InChI=1S/C20H16F3N5O3/c1-10-13(18-26-25-17(31-18)12-8-5-9-30-12)19(29)28-16(24-10)14(11-6-3-2-4-7-11)15(27-28)20(21,22)23/h2-4,6-7,12,27H,5,8-9H2,1H3. The number of aryl methyl sites for hydroxylation is 1. The largest absolute Gasteiger partial charge is 0.433 e. The molecule has 0 saturated carbocycles. The quantitative estimate of drug-likeness (QED) is 0.528. The number of aromatic amines is 1. The number of alkyl halides is 3. The molecule has 1 fully saturated rings. The lowest BCUT2D eigenvalue weighted by Crippen LogP contribution is -2.20. The van der Waals surface area contributed by atoms with E-state index >= 15 is 0 Å². The van der Waals surface area contributed by atoms with Crippen molar-refractivity contribution in [1.82, 2.24) is 24.8 Å². The molecule has 1 saturated heterocycles. The van der Waals surface area contributed by atoms with Gasteiger partial charge in [-0.2, -0.15) is 17.7 Å². The van der Waals surface area contributed by atoms with E-state index < -0.39 is 17.4 Å². The molecule has 4 heterocycles. The second kappa shape index (κ2) is 7.05. The first-order valence-electron chi connectivity index (χ1n) is 9.58. The Morgan fingerprint density at radius 1 is 1.16 bits per heavy atom. The molecule has 4 aromatic rings. The summed E-state index contributed by atoms with van der Waals surface area (Å²) in [7, 11) is 0. The fourth-order valence-electron chi connectivity index (χ4n) is 3.75. The van der Waals surface area contributed by atoms with Gasteiger partial charge in [0.1, 0.15) is 17.4 Å². The van der Waals surface area contributed by atoms with Gasteiger partial charge in [-0.1, -0.05) is 30.3 Å². The third-order valence-corrected chi connectivity index (χ3v) is 5.17. The lowest BCUT2D eigenvalue weighted by atomic mass is 10.1. The second-order valence-electron chi connectivity index (χ2n) is 7.21. The van der Waals surface area contributed by atoms with Gasteiger partial charge in [0.25, 0.3) is 11.4 Å². The summed E-state index contributed by atoms with van der Waals surface area (Å²) in [5.41, 5.74) is -1.77. The van der Waals surface area contributed by atoms with Crippen LogP contribution in [0.15, 0.2) is 39.5 Å². The van der Waals surface area contributed by atoms with Gasteiger partial charge in [-0.3, -0.25) is 9.89 Å². The predicted molar refractivity (Wildman–Crippen MR) is 102 cm³/mol. The summed E-state index contributed by atoms with van der Waals surface area (Å²) >= 11 is 0. The number of rotatable bonds is 3. The van der Waals surface area contributed by atoms with E-state index in [2.05, 4.69) is 20.3 Å². The Morgan fingerprint density at radius 2 is 1.94 bits per heavy atom. The SMILES string of the molecule is Cc1nc2c(-c3ccccc3)c(C(F)(F)F)[nH]n2c(=O)c1-c1nnc(C2CCCO2)o1. The smallest absolute Gasteiger partial charge is 0.418 e. The molecular formula is C20H16F3N5O3. The Labute approximate surface area is 172 Å². The maximum absolute atomic E-state index is 13.8. The van der Waals surface area contributed by atoms with E-state index in [0.717, 1.165) is 10.9 Å². The van der Waals surface area contributed by atoms with Crippen LogP contribution >= 0.6 is 0 Å². The van der Waals surface area contributed by atoms with E-state index in [4.69, 9.17) is 9.15 Å². The van der Waals surface area contributed by atoms with Gasteiger partial charge < -0.3 is 9.15 Å². The van der Waals surface area contributed by atoms with Crippen molar-refractivity contribution >= 4 is 5.65 Å². The molecule has 1 aromatic carbocycles. The molecule has 160 valence electrons. The molecule has 8 nitrogen and oxygen atoms in total. The third kappa shape index (κ3) is 3.21. The zero-order valence-corrected chi connectivity index (χ0v) is 16.2. The van der Waals surface area contributed by atoms with Gasteiger partial charge in [0.15, 0.2) is 5.65 Å². The number of hydrogen-bond donors (Lipinski definition) is 1. The molecule has 1 unspecified atom stereocenters. The highest BCUT2D eigenvalue weighted by Crippen LogP contribution is 2.38. The average Bonchev–Trinajstić information content (AvgIpc) is 3.47. The van der Waals surface area contributed by atoms with Crippen molar-refractivity contribution in [2.24, 2.45) is 0 Å². The Hall–Kier alpha value is -3.47. The van der Waals surface area contributed by atoms with Gasteiger partial charge in [0.05, 0.1) is 11.3 Å². The lowest BCUT2D eigenvalue weighted by molar-refractivity contribution is -0.140. The summed E-state index contributed by atoms with van der Waals surface area (Å²) in [6, 6.07) is 7.97. The van der Waals surface area contributed by atoms with Crippen LogP contribution in [0.3, 0.4) is 0 Å². The van der Waals surface area contributed by atoms with Gasteiger partial charge in [-0.25, -0.2) is 4.98 Å². The maximum Gasteiger partial charge on any atom is 0.433 e. The van der Waals surface area contributed by atoms with Crippen molar-refractivity contribution in [2.75, 3.05) is 6.61 Å². The van der Waals surface area contributed by atoms with Crippen LogP contribution in [0.4, 0.5) is 13.2 Å². The number of hydrogen-bond acceptors (Lipinski definition) is 6. The fraction of sp³-hybridized carbons (Fsp3) is 0.300. The van der Waals surface area contributed by atoms with Gasteiger partial charge in [0.2, 0.25) is 5.89 Å². The van der Waals surface area contributed by atoms with Crippen LogP contribution in [0.2, 0.25) is 0 Å². The van der Waals surface area contributed by atoms with E-state index in [0.29, 0.717) is 13.0 Å². The maximum atomic E-state index is 13.8. The predicted octanol–water partition coefficient (Wildman–Crippen LogP) is 3.92. The van der Waals surface area contributed by atoms with E-state index in [1.165, 1.54) is 19.1 Å². The van der Waals surface area contributed by atoms with E-state index in [1.807, 2.05) is 0 Å². The normalized spacial score (nSPS) is 17.0. The Kier molecular flexibility index (Phi) is 4.43. The van der Waals surface area contributed by atoms with Crippen LogP contribution in [-0.2, 0) is 10.9 Å². The summed E-state index contributed by atoms with van der Waals surface area (Å²) in [6.07, 6.45) is -3.52. The number of aromatic nitrogens is 5. The summed E-state index contributed by atoms with van der Waals surface area (Å²) in [5, 5.41) is 10.0. The van der Waals surface area contributed by atoms with Crippen molar-refractivity contribution in [3.8, 4) is 22.6 Å². The van der Waals surface area contributed by atoms with Gasteiger partial charge in [-0.05, 0) is 25.3 Å². The molecule has 0 bridgehead atoms. The molecule has 0 aliphatic carbocycles. The molecule has 1 aliphatic rings. The monoisotopic (exact) mass is 431 g/mol. The molecule has 0 spiro atoms. The Morgan fingerprint density at radius 3 is 2.61 bits per heavy atom. The summed E-state index contributed by atoms with van der Waals surface area (Å²) in [4.78, 5) is 17.5. The zero-order chi connectivity index (χ0) is 21.8. The molecule has 1 aliphatic heterocycles. The molecular weight excluding hydrogens is 415 g/mol. The van der Waals surface area contributed by atoms with Gasteiger partial charge in [-0.15, -0.1) is 10.2 Å². The van der Waals surface area contributed by atoms with Crippen LogP contribution in [-0.4, -0.2) is 31.4 Å². The van der Waals surface area contributed by atoms with Crippen LogP contribution in [0.1, 0.15) is 36.2 Å². The highest BCUT2D eigenvalue weighted by atomic mass is 19.4. The minimum absolute atomic E-state index is 0.0659. The molecule has 5 rings (SSSR count). The minimum atomic E-state index is -4.73. The highest BCUT2D eigenvalue weighted by molar-refractivity contribution is 5.81. The molecule has 0 amide bonds. The number of halogens is 3. The van der Waals surface area contributed by atoms with Gasteiger partial charge >= 0.3 is 6.18 Å². The average molecular weight is 431 g/mol. The molecule has 1 N–H and O–H groups in total. The van der Waals surface area contributed by atoms with Crippen LogP contribution < -0.4 is 5.56 Å². The molecule has 0 radical (unpaired) electrons. The van der Waals surface area contributed by atoms with E-state index in [1.54, 1.807) is 18.2 Å². The van der Waals surface area contributed by atoms with E-state index in [9.17, 15) is 18.0 Å². The van der Waals surface area contributed by atoms with Crippen molar-refractivity contribution < 1.29 is 22.3 Å². The molecule has 31 heavy (non-hydrogen) atoms. The summed E-state index contributed by atoms with van der Waals surface area (Å²) in [5.74, 6) is 0.114. The number of H-pyrrole nitrogens is 1. The topological polar surface area (TPSA) is 98.3 Å². The van der Waals surface area contributed by atoms with Crippen LogP contribution in [0.25, 0.3) is 28.2 Å². The number of nitrogens with one attached hydrogen (secondary N) is 1. The second-order valence-corrected chi connectivity index (χ2v) is 7.21. The number of benzene rings is 1. The molecule has 1 atom stereocenters. The van der Waals surface area contributed by atoms with Crippen molar-refractivity contribution in [2.45, 2.75) is 32.0 Å². The van der Waals surface area contributed by atoms with Crippen LogP contribution in [0, 0.1) is 6.92 Å². The number of nitrogens with zero attached hydrogens (tertiary/aromatic N) is 4. The van der Waals surface area contributed by atoms with Gasteiger partial charge in [0, 0.05) is 6.61 Å². The molecule has 11 heteroatoms. The fourth-order valence-corrected chi connectivity index (χ4v) is 3.75. The summed E-state index contributed by atoms with van der Waals surface area (Å²) < 4.78 is 53.2. The number of fused-ring (bicyclic) bond motifs is 1. The third-order valence-electron chi connectivity index (χ3n) is 5.17. The van der Waals surface area contributed by atoms with Crippen molar-refractivity contribution in [3.63, 3.8) is 0 Å². The first kappa shape index (κ1) is 19.5. The first-order chi connectivity index (χ1) is 14.8. The highest BCUT2D eigenvalue weighted by Gasteiger charge is 2.38. The van der Waals surface area contributed by atoms with Crippen molar-refractivity contribution in [3.05, 3.63) is 58.0 Å². The van der Waals surface area contributed by atoms with Crippen LogP contribution in [0.5, 0.6) is 0 Å². The number of ether oxygens (including phenoxy) is 1.